The standard InChI is InChI=1S/C17H31N3O4S/c21-17(18-13-16-8-6-12-24-16)15-7-5-11-20(14-15)25(22,23)19-9-3-1-2-4-10-19/h15-16H,1-14H2,(H,18,21). The summed E-state index contributed by atoms with van der Waals surface area (Å²) in [5.74, 6) is -0.289. The van der Waals surface area contributed by atoms with E-state index in [4.69, 9.17) is 4.74 Å². The van der Waals surface area contributed by atoms with E-state index in [0.29, 0.717) is 32.7 Å². The first-order chi connectivity index (χ1) is 12.1. The number of piperidine rings is 1. The van der Waals surface area contributed by atoms with Crippen molar-refractivity contribution < 1.29 is 17.9 Å². The fraction of sp³-hybridized carbons (Fsp3) is 0.941. The van der Waals surface area contributed by atoms with Crippen molar-refractivity contribution in [2.45, 2.75) is 57.5 Å². The fourth-order valence-electron chi connectivity index (χ4n) is 3.97. The fourth-order valence-corrected chi connectivity index (χ4v) is 5.74. The Kier molecular flexibility index (Phi) is 6.71. The van der Waals surface area contributed by atoms with Gasteiger partial charge in [-0.3, -0.25) is 4.79 Å². The van der Waals surface area contributed by atoms with Gasteiger partial charge in [-0.05, 0) is 38.5 Å². The molecule has 8 heteroatoms. The molecule has 0 aliphatic carbocycles. The largest absolute Gasteiger partial charge is 0.376 e. The van der Waals surface area contributed by atoms with Crippen molar-refractivity contribution in [1.82, 2.24) is 13.9 Å². The molecule has 0 saturated carbocycles. The summed E-state index contributed by atoms with van der Waals surface area (Å²) >= 11 is 0. The molecule has 7 nitrogen and oxygen atoms in total. The number of carbonyl (C=O) groups excluding carboxylic acids is 1. The third kappa shape index (κ3) is 4.93. The van der Waals surface area contributed by atoms with E-state index in [1.54, 1.807) is 4.31 Å². The number of rotatable bonds is 5. The Morgan fingerprint density at radius 1 is 0.960 bits per heavy atom. The van der Waals surface area contributed by atoms with Crippen LogP contribution in [0.3, 0.4) is 0 Å². The minimum atomic E-state index is -3.44. The highest BCUT2D eigenvalue weighted by Crippen LogP contribution is 2.23. The first kappa shape index (κ1) is 19.1. The number of amides is 1. The van der Waals surface area contributed by atoms with Gasteiger partial charge in [0.1, 0.15) is 0 Å². The molecule has 0 aromatic rings. The Labute approximate surface area is 151 Å². The number of hydrogen-bond donors (Lipinski definition) is 1. The van der Waals surface area contributed by atoms with Gasteiger partial charge in [0.2, 0.25) is 5.91 Å². The lowest BCUT2D eigenvalue weighted by Gasteiger charge is -2.34. The van der Waals surface area contributed by atoms with Gasteiger partial charge in [0.25, 0.3) is 10.2 Å². The van der Waals surface area contributed by atoms with Crippen molar-refractivity contribution in [1.29, 1.82) is 0 Å². The zero-order valence-electron chi connectivity index (χ0n) is 15.0. The van der Waals surface area contributed by atoms with Crippen LogP contribution >= 0.6 is 0 Å². The summed E-state index contributed by atoms with van der Waals surface area (Å²) in [6, 6.07) is 0. The summed E-state index contributed by atoms with van der Waals surface area (Å²) in [6.07, 6.45) is 7.70. The number of nitrogens with one attached hydrogen (secondary N) is 1. The minimum absolute atomic E-state index is 0.0359. The van der Waals surface area contributed by atoms with Crippen molar-refractivity contribution in [3.05, 3.63) is 0 Å². The summed E-state index contributed by atoms with van der Waals surface area (Å²) in [5.41, 5.74) is 0. The van der Waals surface area contributed by atoms with E-state index < -0.39 is 10.2 Å². The van der Waals surface area contributed by atoms with Crippen molar-refractivity contribution in [2.75, 3.05) is 39.3 Å². The average Bonchev–Trinajstić information content (AvgIpc) is 2.99. The summed E-state index contributed by atoms with van der Waals surface area (Å²) in [4.78, 5) is 12.5. The van der Waals surface area contributed by atoms with E-state index in [0.717, 1.165) is 58.0 Å². The molecule has 0 aromatic carbocycles. The van der Waals surface area contributed by atoms with Crippen LogP contribution < -0.4 is 5.32 Å². The topological polar surface area (TPSA) is 79.0 Å². The molecule has 0 spiro atoms. The second-order valence-corrected chi connectivity index (χ2v) is 9.33. The Bertz CT molecular complexity index is 540. The van der Waals surface area contributed by atoms with Crippen LogP contribution in [0.15, 0.2) is 0 Å². The molecule has 3 rings (SSSR count). The average molecular weight is 374 g/mol. The first-order valence-electron chi connectivity index (χ1n) is 9.72. The van der Waals surface area contributed by atoms with E-state index in [2.05, 4.69) is 5.32 Å². The SMILES string of the molecule is O=C(NCC1CCCO1)C1CCCN(S(=O)(=O)N2CCCCCC2)C1. The van der Waals surface area contributed by atoms with Gasteiger partial charge < -0.3 is 10.1 Å². The highest BCUT2D eigenvalue weighted by molar-refractivity contribution is 7.86. The molecule has 1 amide bonds. The van der Waals surface area contributed by atoms with Crippen LogP contribution in [0, 0.1) is 5.92 Å². The maximum Gasteiger partial charge on any atom is 0.281 e. The predicted molar refractivity (Wildman–Crippen MR) is 95.2 cm³/mol. The molecule has 2 unspecified atom stereocenters. The molecule has 3 saturated heterocycles. The highest BCUT2D eigenvalue weighted by atomic mass is 32.2. The molecular weight excluding hydrogens is 342 g/mol. The molecule has 1 N–H and O–H groups in total. The van der Waals surface area contributed by atoms with Gasteiger partial charge in [0.05, 0.1) is 12.0 Å². The normalized spacial score (nSPS) is 30.1. The van der Waals surface area contributed by atoms with Crippen molar-refractivity contribution in [3.8, 4) is 0 Å². The second kappa shape index (κ2) is 8.79. The lowest BCUT2D eigenvalue weighted by atomic mass is 9.99. The molecule has 144 valence electrons. The van der Waals surface area contributed by atoms with Gasteiger partial charge >= 0.3 is 0 Å². The van der Waals surface area contributed by atoms with Gasteiger partial charge in [-0.1, -0.05) is 12.8 Å². The minimum Gasteiger partial charge on any atom is -0.376 e. The third-order valence-corrected chi connectivity index (χ3v) is 7.50. The van der Waals surface area contributed by atoms with Crippen molar-refractivity contribution in [3.63, 3.8) is 0 Å². The Morgan fingerprint density at radius 3 is 2.36 bits per heavy atom. The molecule has 3 aliphatic rings. The zero-order valence-corrected chi connectivity index (χ0v) is 15.8. The number of hydrogen-bond acceptors (Lipinski definition) is 4. The lowest BCUT2D eigenvalue weighted by molar-refractivity contribution is -0.126. The molecule has 0 aromatic heterocycles. The molecule has 3 fully saturated rings. The van der Waals surface area contributed by atoms with Crippen LogP contribution in [0.2, 0.25) is 0 Å². The number of ether oxygens (including phenoxy) is 1. The number of nitrogens with zero attached hydrogens (tertiary/aromatic N) is 2. The van der Waals surface area contributed by atoms with Gasteiger partial charge in [-0.25, -0.2) is 0 Å². The number of carbonyl (C=O) groups is 1. The summed E-state index contributed by atoms with van der Waals surface area (Å²) in [5, 5.41) is 2.96. The Morgan fingerprint density at radius 2 is 1.68 bits per heavy atom. The molecule has 3 aliphatic heterocycles. The first-order valence-corrected chi connectivity index (χ1v) is 11.1. The molecule has 3 heterocycles. The van der Waals surface area contributed by atoms with E-state index >= 15 is 0 Å². The smallest absolute Gasteiger partial charge is 0.281 e. The molecular formula is C17H31N3O4S. The van der Waals surface area contributed by atoms with Gasteiger partial charge in [-0.2, -0.15) is 17.0 Å². The van der Waals surface area contributed by atoms with Crippen LogP contribution in [0.1, 0.15) is 51.4 Å². The van der Waals surface area contributed by atoms with E-state index in [1.807, 2.05) is 0 Å². The molecule has 2 atom stereocenters. The summed E-state index contributed by atoms with van der Waals surface area (Å²) in [6.45, 7) is 3.34. The van der Waals surface area contributed by atoms with Crippen LogP contribution in [0.5, 0.6) is 0 Å². The summed E-state index contributed by atoms with van der Waals surface area (Å²) < 4.78 is 34.5. The Balaban J connectivity index is 1.54. The van der Waals surface area contributed by atoms with E-state index in [1.165, 1.54) is 4.31 Å². The van der Waals surface area contributed by atoms with Gasteiger partial charge in [0, 0.05) is 39.3 Å². The Hall–Kier alpha value is -0.700. The maximum atomic E-state index is 12.9. The zero-order chi connectivity index (χ0) is 17.7. The van der Waals surface area contributed by atoms with Crippen LogP contribution in [-0.4, -0.2) is 68.4 Å². The van der Waals surface area contributed by atoms with Gasteiger partial charge in [-0.15, -0.1) is 0 Å². The molecule has 0 bridgehead atoms. The van der Waals surface area contributed by atoms with E-state index in [9.17, 15) is 13.2 Å². The van der Waals surface area contributed by atoms with Crippen molar-refractivity contribution in [2.24, 2.45) is 5.92 Å². The molecule has 0 radical (unpaired) electrons. The summed E-state index contributed by atoms with van der Waals surface area (Å²) in [7, 11) is -3.44. The van der Waals surface area contributed by atoms with Crippen LogP contribution in [0.25, 0.3) is 0 Å². The molecule has 25 heavy (non-hydrogen) atoms. The van der Waals surface area contributed by atoms with Crippen LogP contribution in [0.4, 0.5) is 0 Å². The predicted octanol–water partition coefficient (Wildman–Crippen LogP) is 1.11. The van der Waals surface area contributed by atoms with Crippen LogP contribution in [-0.2, 0) is 19.7 Å². The van der Waals surface area contributed by atoms with Gasteiger partial charge in [0.15, 0.2) is 0 Å². The highest BCUT2D eigenvalue weighted by Gasteiger charge is 2.36. The van der Waals surface area contributed by atoms with Crippen molar-refractivity contribution >= 4 is 16.1 Å². The lowest BCUT2D eigenvalue weighted by Crippen LogP contribution is -2.51. The third-order valence-electron chi connectivity index (χ3n) is 5.50. The second-order valence-electron chi connectivity index (χ2n) is 7.40. The quantitative estimate of drug-likeness (QED) is 0.783. The maximum absolute atomic E-state index is 12.9. The monoisotopic (exact) mass is 373 g/mol. The van der Waals surface area contributed by atoms with E-state index in [-0.39, 0.29) is 17.9 Å².